The van der Waals surface area contributed by atoms with Gasteiger partial charge in [-0.05, 0) is 55.4 Å². The fourth-order valence-electron chi connectivity index (χ4n) is 4.59. The summed E-state index contributed by atoms with van der Waals surface area (Å²) in [7, 11) is 1.92. The molecular formula is C27H28F3N5OS. The van der Waals surface area contributed by atoms with Crippen molar-refractivity contribution in [3.05, 3.63) is 70.7 Å². The number of nitrogens with zero attached hydrogens (tertiary/aromatic N) is 3. The Hall–Kier alpha value is -3.21. The number of rotatable bonds is 7. The molecule has 2 aromatic heterocycles. The summed E-state index contributed by atoms with van der Waals surface area (Å²) < 4.78 is 46.6. The molecule has 1 saturated heterocycles. The molecule has 1 aliphatic rings. The van der Waals surface area contributed by atoms with Gasteiger partial charge in [0.05, 0.1) is 19.3 Å². The summed E-state index contributed by atoms with van der Waals surface area (Å²) in [5.41, 5.74) is 2.23. The Balaban J connectivity index is 1.48. The summed E-state index contributed by atoms with van der Waals surface area (Å²) in [6.45, 7) is 5.27. The summed E-state index contributed by atoms with van der Waals surface area (Å²) >= 11 is 1.65. The van der Waals surface area contributed by atoms with E-state index in [4.69, 9.17) is 4.74 Å². The first-order valence-corrected chi connectivity index (χ1v) is 13.0. The number of morpholine rings is 1. The van der Waals surface area contributed by atoms with Gasteiger partial charge in [-0.25, -0.2) is 0 Å². The second-order valence-corrected chi connectivity index (χ2v) is 10.1. The molecule has 3 heterocycles. The molecule has 0 aliphatic carbocycles. The molecule has 2 aromatic carbocycles. The smallest absolute Gasteiger partial charge is 0.378 e. The molecule has 10 heteroatoms. The van der Waals surface area contributed by atoms with E-state index in [9.17, 15) is 13.2 Å². The number of nitrogens with one attached hydrogen (secondary N) is 2. The molecule has 4 aromatic rings. The monoisotopic (exact) mass is 527 g/mol. The van der Waals surface area contributed by atoms with Gasteiger partial charge in [0.1, 0.15) is 0 Å². The number of hydrogen-bond acceptors (Lipinski definition) is 7. The van der Waals surface area contributed by atoms with Crippen molar-refractivity contribution >= 4 is 33.6 Å². The summed E-state index contributed by atoms with van der Waals surface area (Å²) in [5, 5.41) is 14.5. The van der Waals surface area contributed by atoms with Gasteiger partial charge in [-0.2, -0.15) is 13.2 Å². The van der Waals surface area contributed by atoms with Crippen molar-refractivity contribution in [2.45, 2.75) is 25.7 Å². The van der Waals surface area contributed by atoms with Gasteiger partial charge in [-0.1, -0.05) is 24.3 Å². The lowest BCUT2D eigenvalue weighted by molar-refractivity contribution is -0.140. The highest BCUT2D eigenvalue weighted by molar-refractivity contribution is 7.15. The molecule has 1 unspecified atom stereocenters. The van der Waals surface area contributed by atoms with Gasteiger partial charge in [0.15, 0.2) is 11.5 Å². The SMILES string of the molecule is CNCc1ccccc1-c1ccc(C(C)Nc2nnc(C(F)(F)F)c3ccc(N4CCOCC4)cc23)s1. The maximum Gasteiger partial charge on any atom is 0.435 e. The fourth-order valence-corrected chi connectivity index (χ4v) is 5.66. The molecule has 1 aliphatic heterocycles. The Bertz CT molecular complexity index is 1380. The molecule has 5 rings (SSSR count). The first-order chi connectivity index (χ1) is 17.8. The van der Waals surface area contributed by atoms with Crippen LogP contribution >= 0.6 is 11.3 Å². The molecule has 0 spiro atoms. The first kappa shape index (κ1) is 25.4. The van der Waals surface area contributed by atoms with Gasteiger partial charge < -0.3 is 20.3 Å². The van der Waals surface area contributed by atoms with Crippen LogP contribution in [-0.2, 0) is 17.5 Å². The maximum atomic E-state index is 13.7. The van der Waals surface area contributed by atoms with Gasteiger partial charge in [0, 0.05) is 45.8 Å². The van der Waals surface area contributed by atoms with E-state index in [2.05, 4.69) is 43.9 Å². The quantitative estimate of drug-likeness (QED) is 0.303. The second kappa shape index (κ2) is 10.6. The van der Waals surface area contributed by atoms with Crippen LogP contribution < -0.4 is 15.5 Å². The van der Waals surface area contributed by atoms with Gasteiger partial charge in [-0.15, -0.1) is 21.5 Å². The Kier molecular flexibility index (Phi) is 7.32. The number of halogens is 3. The largest absolute Gasteiger partial charge is 0.435 e. The van der Waals surface area contributed by atoms with E-state index in [-0.39, 0.29) is 11.4 Å². The van der Waals surface area contributed by atoms with Crippen LogP contribution in [0.15, 0.2) is 54.6 Å². The van der Waals surface area contributed by atoms with Gasteiger partial charge in [-0.3, -0.25) is 0 Å². The predicted molar refractivity (Wildman–Crippen MR) is 142 cm³/mol. The third kappa shape index (κ3) is 5.41. The third-order valence-corrected chi connectivity index (χ3v) is 7.77. The lowest BCUT2D eigenvalue weighted by atomic mass is 10.1. The van der Waals surface area contributed by atoms with Crippen LogP contribution in [0.1, 0.15) is 29.1 Å². The van der Waals surface area contributed by atoms with Crippen molar-refractivity contribution in [2.24, 2.45) is 0 Å². The van der Waals surface area contributed by atoms with Crippen LogP contribution in [0.4, 0.5) is 24.7 Å². The minimum absolute atomic E-state index is 0.0297. The van der Waals surface area contributed by atoms with E-state index < -0.39 is 11.9 Å². The average Bonchev–Trinajstić information content (AvgIpc) is 3.39. The molecule has 0 amide bonds. The lowest BCUT2D eigenvalue weighted by Gasteiger charge is -2.29. The van der Waals surface area contributed by atoms with E-state index in [1.165, 1.54) is 11.6 Å². The van der Waals surface area contributed by atoms with E-state index >= 15 is 0 Å². The number of fused-ring (bicyclic) bond motifs is 1. The molecule has 2 N–H and O–H groups in total. The zero-order chi connectivity index (χ0) is 26.0. The van der Waals surface area contributed by atoms with Crippen LogP contribution in [0, 0.1) is 0 Å². The molecule has 0 radical (unpaired) electrons. The molecule has 1 atom stereocenters. The average molecular weight is 528 g/mol. The Morgan fingerprint density at radius 1 is 1.03 bits per heavy atom. The molecular weight excluding hydrogens is 499 g/mol. The minimum Gasteiger partial charge on any atom is -0.378 e. The Morgan fingerprint density at radius 3 is 2.57 bits per heavy atom. The normalized spacial score (nSPS) is 15.2. The van der Waals surface area contributed by atoms with E-state index in [1.807, 2.05) is 32.2 Å². The first-order valence-electron chi connectivity index (χ1n) is 12.1. The van der Waals surface area contributed by atoms with Crippen LogP contribution in [0.25, 0.3) is 21.2 Å². The molecule has 0 saturated carbocycles. The van der Waals surface area contributed by atoms with Gasteiger partial charge in [0.25, 0.3) is 0 Å². The highest BCUT2D eigenvalue weighted by Crippen LogP contribution is 2.39. The van der Waals surface area contributed by atoms with Crippen LogP contribution in [-0.4, -0.2) is 43.5 Å². The van der Waals surface area contributed by atoms with Crippen LogP contribution in [0.2, 0.25) is 0 Å². The highest BCUT2D eigenvalue weighted by atomic mass is 32.1. The Labute approximate surface area is 217 Å². The number of aromatic nitrogens is 2. The minimum atomic E-state index is -4.60. The predicted octanol–water partition coefficient (Wildman–Crippen LogP) is 6.11. The number of thiophene rings is 1. The van der Waals surface area contributed by atoms with Gasteiger partial charge >= 0.3 is 6.18 Å². The third-order valence-electron chi connectivity index (χ3n) is 6.46. The van der Waals surface area contributed by atoms with E-state index in [0.29, 0.717) is 37.5 Å². The van der Waals surface area contributed by atoms with Crippen molar-refractivity contribution in [1.29, 1.82) is 0 Å². The van der Waals surface area contributed by atoms with Crippen molar-refractivity contribution in [3.8, 4) is 10.4 Å². The molecule has 0 bridgehead atoms. The Morgan fingerprint density at radius 2 is 1.81 bits per heavy atom. The number of anilines is 2. The van der Waals surface area contributed by atoms with Crippen molar-refractivity contribution in [3.63, 3.8) is 0 Å². The maximum absolute atomic E-state index is 13.7. The second-order valence-electron chi connectivity index (χ2n) is 8.98. The zero-order valence-corrected chi connectivity index (χ0v) is 21.4. The zero-order valence-electron chi connectivity index (χ0n) is 20.6. The van der Waals surface area contributed by atoms with Crippen LogP contribution in [0.3, 0.4) is 0 Å². The number of ether oxygens (including phenoxy) is 1. The van der Waals surface area contributed by atoms with E-state index in [0.717, 1.165) is 27.5 Å². The summed E-state index contributed by atoms with van der Waals surface area (Å²) in [6.07, 6.45) is -4.60. The topological polar surface area (TPSA) is 62.3 Å². The molecule has 1 fully saturated rings. The van der Waals surface area contributed by atoms with Crippen molar-refractivity contribution in [1.82, 2.24) is 15.5 Å². The molecule has 194 valence electrons. The van der Waals surface area contributed by atoms with Crippen molar-refractivity contribution in [2.75, 3.05) is 43.6 Å². The lowest BCUT2D eigenvalue weighted by Crippen LogP contribution is -2.36. The number of benzene rings is 2. The van der Waals surface area contributed by atoms with Gasteiger partial charge in [0.2, 0.25) is 0 Å². The summed E-state index contributed by atoms with van der Waals surface area (Å²) in [6, 6.07) is 17.2. The summed E-state index contributed by atoms with van der Waals surface area (Å²) in [5.74, 6) is 0.330. The highest BCUT2D eigenvalue weighted by Gasteiger charge is 2.36. The molecule has 6 nitrogen and oxygen atoms in total. The molecule has 37 heavy (non-hydrogen) atoms. The number of alkyl halides is 3. The fraction of sp³-hybridized carbons (Fsp3) is 0.333. The standard InChI is InChI=1S/C27H28F3N5OS/c1-17(23-9-10-24(37-23)20-6-4-3-5-18(20)16-31-2)32-26-22-15-19(35-11-13-36-14-12-35)7-8-21(22)25(33-34-26)27(28,29)30/h3-10,15,17,31H,11-14,16H2,1-2H3,(H,32,34). The van der Waals surface area contributed by atoms with E-state index in [1.54, 1.807) is 23.5 Å². The van der Waals surface area contributed by atoms with Crippen LogP contribution in [0.5, 0.6) is 0 Å². The summed E-state index contributed by atoms with van der Waals surface area (Å²) in [4.78, 5) is 4.29. The number of hydrogen-bond donors (Lipinski definition) is 2. The van der Waals surface area contributed by atoms with Crippen molar-refractivity contribution < 1.29 is 17.9 Å².